The Morgan fingerprint density at radius 1 is 1.47 bits per heavy atom. The summed E-state index contributed by atoms with van der Waals surface area (Å²) in [5.41, 5.74) is 3.53. The molecule has 0 saturated carbocycles. The van der Waals surface area contributed by atoms with Crippen molar-refractivity contribution in [3.05, 3.63) is 48.0 Å². The molecule has 0 radical (unpaired) electrons. The van der Waals surface area contributed by atoms with Gasteiger partial charge < -0.3 is 0 Å². The van der Waals surface area contributed by atoms with Crippen LogP contribution in [0.1, 0.15) is 37.8 Å². The average molecular weight is 200 g/mol. The second-order valence-corrected chi connectivity index (χ2v) is 5.02. The van der Waals surface area contributed by atoms with Crippen LogP contribution in [-0.2, 0) is 11.8 Å². The van der Waals surface area contributed by atoms with Crippen LogP contribution in [0, 0.1) is 5.92 Å². The first-order chi connectivity index (χ1) is 7.18. The number of hydrogen-bond acceptors (Lipinski definition) is 0. The standard InChI is InChI=1S/C15H20/c1-4-5-8-12(2)15(3)11-13-9-6-7-10-14(13)15/h4,6-7,9-10,12H,1,5,8,11H2,2-3H3. The Morgan fingerprint density at radius 3 is 2.87 bits per heavy atom. The minimum atomic E-state index is 0.416. The lowest BCUT2D eigenvalue weighted by atomic mass is 9.58. The Balaban J connectivity index is 2.14. The molecule has 0 aliphatic heterocycles. The Kier molecular flexibility index (Phi) is 2.68. The maximum Gasteiger partial charge on any atom is -0.000640 e. The smallest absolute Gasteiger partial charge is 0.000640 e. The van der Waals surface area contributed by atoms with Crippen molar-refractivity contribution in [3.8, 4) is 0 Å². The lowest BCUT2D eigenvalue weighted by Gasteiger charge is -2.46. The molecule has 1 aliphatic carbocycles. The molecule has 0 saturated heterocycles. The first-order valence-corrected chi connectivity index (χ1v) is 5.88. The van der Waals surface area contributed by atoms with Crippen molar-refractivity contribution in [2.75, 3.05) is 0 Å². The van der Waals surface area contributed by atoms with E-state index in [0.29, 0.717) is 5.41 Å². The molecule has 15 heavy (non-hydrogen) atoms. The van der Waals surface area contributed by atoms with Gasteiger partial charge in [0.25, 0.3) is 0 Å². The number of rotatable bonds is 4. The third kappa shape index (κ3) is 1.62. The molecule has 2 atom stereocenters. The molecule has 1 aromatic carbocycles. The summed E-state index contributed by atoms with van der Waals surface area (Å²) in [6.07, 6.45) is 5.68. The number of fused-ring (bicyclic) bond motifs is 1. The third-order valence-corrected chi connectivity index (χ3v) is 4.08. The zero-order valence-electron chi connectivity index (χ0n) is 9.79. The Morgan fingerprint density at radius 2 is 2.20 bits per heavy atom. The van der Waals surface area contributed by atoms with E-state index in [1.807, 2.05) is 6.08 Å². The summed E-state index contributed by atoms with van der Waals surface area (Å²) in [7, 11) is 0. The molecule has 2 unspecified atom stereocenters. The average Bonchev–Trinajstić information content (AvgIpc) is 2.24. The zero-order valence-corrected chi connectivity index (χ0v) is 9.79. The van der Waals surface area contributed by atoms with Crippen LogP contribution in [0.15, 0.2) is 36.9 Å². The van der Waals surface area contributed by atoms with E-state index in [2.05, 4.69) is 44.7 Å². The molecule has 80 valence electrons. The van der Waals surface area contributed by atoms with Crippen LogP contribution < -0.4 is 0 Å². The second-order valence-electron chi connectivity index (χ2n) is 5.02. The van der Waals surface area contributed by atoms with E-state index in [-0.39, 0.29) is 0 Å². The predicted octanol–water partition coefficient (Wildman–Crippen LogP) is 4.10. The molecule has 0 spiro atoms. The summed E-state index contributed by atoms with van der Waals surface area (Å²) < 4.78 is 0. The van der Waals surface area contributed by atoms with E-state index in [4.69, 9.17) is 0 Å². The van der Waals surface area contributed by atoms with Crippen molar-refractivity contribution >= 4 is 0 Å². The number of benzene rings is 1. The molecule has 0 amide bonds. The molecule has 0 nitrogen and oxygen atoms in total. The Hall–Kier alpha value is -1.04. The maximum absolute atomic E-state index is 3.80. The molecule has 0 N–H and O–H groups in total. The topological polar surface area (TPSA) is 0 Å². The van der Waals surface area contributed by atoms with Crippen LogP contribution in [0.3, 0.4) is 0 Å². The lowest BCUT2D eigenvalue weighted by Crippen LogP contribution is -2.41. The second kappa shape index (κ2) is 3.84. The largest absolute Gasteiger partial charge is 0.103 e. The van der Waals surface area contributed by atoms with Crippen LogP contribution >= 0.6 is 0 Å². The van der Waals surface area contributed by atoms with Gasteiger partial charge in [0.1, 0.15) is 0 Å². The van der Waals surface area contributed by atoms with Crippen molar-refractivity contribution in [1.29, 1.82) is 0 Å². The highest BCUT2D eigenvalue weighted by Gasteiger charge is 2.41. The Labute approximate surface area is 93.0 Å². The maximum atomic E-state index is 3.80. The predicted molar refractivity (Wildman–Crippen MR) is 66.1 cm³/mol. The summed E-state index contributed by atoms with van der Waals surface area (Å²) in [5, 5.41) is 0. The quantitative estimate of drug-likeness (QED) is 0.642. The van der Waals surface area contributed by atoms with Gasteiger partial charge in [-0.15, -0.1) is 6.58 Å². The van der Waals surface area contributed by atoms with E-state index in [9.17, 15) is 0 Å². The summed E-state index contributed by atoms with van der Waals surface area (Å²) in [6.45, 7) is 8.58. The van der Waals surface area contributed by atoms with E-state index in [1.165, 1.54) is 12.8 Å². The Bertz CT molecular complexity index is 364. The van der Waals surface area contributed by atoms with Gasteiger partial charge in [-0.2, -0.15) is 0 Å². The van der Waals surface area contributed by atoms with Gasteiger partial charge in [0.05, 0.1) is 0 Å². The van der Waals surface area contributed by atoms with Crippen LogP contribution in [0.2, 0.25) is 0 Å². The fourth-order valence-electron chi connectivity index (χ4n) is 2.74. The highest BCUT2D eigenvalue weighted by atomic mass is 14.4. The van der Waals surface area contributed by atoms with E-state index in [1.54, 1.807) is 11.1 Å². The summed E-state index contributed by atoms with van der Waals surface area (Å²) in [5.74, 6) is 0.755. The SMILES string of the molecule is C=CCCC(C)C1(C)Cc2ccccc21. The molecular weight excluding hydrogens is 180 g/mol. The molecule has 2 rings (SSSR count). The normalized spacial score (nSPS) is 25.2. The molecule has 1 aliphatic rings. The highest BCUT2D eigenvalue weighted by Crippen LogP contribution is 2.47. The van der Waals surface area contributed by atoms with Gasteiger partial charge in [-0.05, 0) is 41.7 Å². The molecule has 0 aromatic heterocycles. The lowest BCUT2D eigenvalue weighted by molar-refractivity contribution is 0.260. The molecule has 1 aromatic rings. The number of hydrogen-bond donors (Lipinski definition) is 0. The monoisotopic (exact) mass is 200 g/mol. The van der Waals surface area contributed by atoms with E-state index < -0.39 is 0 Å². The molecule has 0 heteroatoms. The first-order valence-electron chi connectivity index (χ1n) is 5.88. The molecule has 0 heterocycles. The van der Waals surface area contributed by atoms with Crippen molar-refractivity contribution in [3.63, 3.8) is 0 Å². The van der Waals surface area contributed by atoms with Crippen LogP contribution in [0.25, 0.3) is 0 Å². The van der Waals surface area contributed by atoms with Gasteiger partial charge >= 0.3 is 0 Å². The zero-order chi connectivity index (χ0) is 10.9. The summed E-state index contributed by atoms with van der Waals surface area (Å²) in [4.78, 5) is 0. The van der Waals surface area contributed by atoms with Gasteiger partial charge in [-0.1, -0.05) is 44.2 Å². The van der Waals surface area contributed by atoms with Crippen molar-refractivity contribution < 1.29 is 0 Å². The fraction of sp³-hybridized carbons (Fsp3) is 0.467. The van der Waals surface area contributed by atoms with Gasteiger partial charge in [-0.25, -0.2) is 0 Å². The van der Waals surface area contributed by atoms with Gasteiger partial charge in [0.15, 0.2) is 0 Å². The minimum Gasteiger partial charge on any atom is -0.103 e. The van der Waals surface area contributed by atoms with E-state index in [0.717, 1.165) is 12.3 Å². The molecule has 0 bridgehead atoms. The summed E-state index contributed by atoms with van der Waals surface area (Å²) >= 11 is 0. The van der Waals surface area contributed by atoms with Crippen LogP contribution in [0.4, 0.5) is 0 Å². The van der Waals surface area contributed by atoms with Gasteiger partial charge in [0.2, 0.25) is 0 Å². The molecular formula is C15H20. The van der Waals surface area contributed by atoms with Gasteiger partial charge in [-0.3, -0.25) is 0 Å². The van der Waals surface area contributed by atoms with Crippen molar-refractivity contribution in [1.82, 2.24) is 0 Å². The fourth-order valence-corrected chi connectivity index (χ4v) is 2.74. The van der Waals surface area contributed by atoms with Crippen LogP contribution in [-0.4, -0.2) is 0 Å². The highest BCUT2D eigenvalue weighted by molar-refractivity contribution is 5.44. The van der Waals surface area contributed by atoms with Gasteiger partial charge in [0, 0.05) is 0 Å². The number of allylic oxidation sites excluding steroid dienone is 1. The van der Waals surface area contributed by atoms with Crippen molar-refractivity contribution in [2.45, 2.75) is 38.5 Å². The first kappa shape index (κ1) is 10.5. The third-order valence-electron chi connectivity index (χ3n) is 4.08. The van der Waals surface area contributed by atoms with E-state index >= 15 is 0 Å². The minimum absolute atomic E-state index is 0.416. The summed E-state index contributed by atoms with van der Waals surface area (Å²) in [6, 6.07) is 8.86. The van der Waals surface area contributed by atoms with Crippen molar-refractivity contribution in [2.24, 2.45) is 5.92 Å². The molecule has 0 fully saturated rings. The van der Waals surface area contributed by atoms with Crippen LogP contribution in [0.5, 0.6) is 0 Å².